The van der Waals surface area contributed by atoms with Crippen LogP contribution in [0, 0.1) is 13.8 Å². The summed E-state index contributed by atoms with van der Waals surface area (Å²) in [5.74, 6) is 0.100. The largest absolute Gasteiger partial charge is 0.334 e. The van der Waals surface area contributed by atoms with Gasteiger partial charge in [0.25, 0.3) is 5.91 Å². The minimum atomic E-state index is 0.100. The summed E-state index contributed by atoms with van der Waals surface area (Å²) in [4.78, 5) is 16.1. The molecule has 1 N–H and O–H groups in total. The topological polar surface area (TPSA) is 42.6 Å². The van der Waals surface area contributed by atoms with Crippen LogP contribution < -0.4 is 4.90 Å². The quantitative estimate of drug-likeness (QED) is 0.875. The number of piperazine rings is 1. The predicted octanol–water partition coefficient (Wildman–Crippen LogP) is 0.460. The number of likely N-dealkylation sites (N-methyl/N-ethyl adjacent to an activating group) is 1. The van der Waals surface area contributed by atoms with Crippen molar-refractivity contribution < 1.29 is 9.69 Å². The van der Waals surface area contributed by atoms with Gasteiger partial charge in [-0.05, 0) is 26.0 Å². The van der Waals surface area contributed by atoms with Gasteiger partial charge in [-0.3, -0.25) is 4.79 Å². The molecule has 116 valence electrons. The number of nitrogens with zero attached hydrogens (tertiary/aromatic N) is 3. The molecule has 0 spiro atoms. The maximum Gasteiger partial charge on any atom is 0.257 e. The molecule has 0 aliphatic carbocycles. The molecule has 0 radical (unpaired) electrons. The maximum absolute atomic E-state index is 12.7. The number of rotatable bonds is 2. The summed E-state index contributed by atoms with van der Waals surface area (Å²) < 4.78 is 1.84. The fourth-order valence-corrected chi connectivity index (χ4v) is 2.83. The van der Waals surface area contributed by atoms with Gasteiger partial charge in [-0.15, -0.1) is 0 Å². The lowest BCUT2D eigenvalue weighted by molar-refractivity contribution is -0.883. The number of aryl methyl sites for hydroxylation is 1. The van der Waals surface area contributed by atoms with E-state index in [0.29, 0.717) is 5.56 Å². The monoisotopic (exact) mass is 299 g/mol. The number of hydrogen-bond acceptors (Lipinski definition) is 2. The summed E-state index contributed by atoms with van der Waals surface area (Å²) >= 11 is 0. The van der Waals surface area contributed by atoms with Gasteiger partial charge < -0.3 is 9.80 Å². The summed E-state index contributed by atoms with van der Waals surface area (Å²) in [6, 6.07) is 8.17. The second kappa shape index (κ2) is 5.93. The molecule has 1 aromatic heterocycles. The van der Waals surface area contributed by atoms with Crippen molar-refractivity contribution in [2.75, 3.05) is 33.2 Å². The Morgan fingerprint density at radius 1 is 1.14 bits per heavy atom. The van der Waals surface area contributed by atoms with E-state index >= 15 is 0 Å². The average molecular weight is 299 g/mol. The zero-order chi connectivity index (χ0) is 15.7. The van der Waals surface area contributed by atoms with Crippen molar-refractivity contribution in [1.29, 1.82) is 0 Å². The molecule has 1 aliphatic heterocycles. The van der Waals surface area contributed by atoms with Gasteiger partial charge in [-0.25, -0.2) is 4.68 Å². The van der Waals surface area contributed by atoms with E-state index in [0.717, 1.165) is 37.6 Å². The van der Waals surface area contributed by atoms with E-state index in [9.17, 15) is 4.79 Å². The van der Waals surface area contributed by atoms with E-state index in [-0.39, 0.29) is 5.91 Å². The van der Waals surface area contributed by atoms with E-state index in [1.54, 1.807) is 6.20 Å². The Balaban J connectivity index is 1.84. The van der Waals surface area contributed by atoms with E-state index < -0.39 is 0 Å². The second-order valence-corrected chi connectivity index (χ2v) is 6.14. The van der Waals surface area contributed by atoms with Crippen LogP contribution in [0.2, 0.25) is 0 Å². The molecule has 2 heterocycles. The van der Waals surface area contributed by atoms with E-state index in [1.807, 2.05) is 28.6 Å². The van der Waals surface area contributed by atoms with Crippen molar-refractivity contribution in [2.24, 2.45) is 0 Å². The lowest BCUT2D eigenvalue weighted by Gasteiger charge is -2.30. The van der Waals surface area contributed by atoms with Crippen LogP contribution >= 0.6 is 0 Å². The maximum atomic E-state index is 12.7. The normalized spacial score (nSPS) is 16.0. The molecule has 1 amide bonds. The molecule has 1 saturated heterocycles. The van der Waals surface area contributed by atoms with E-state index in [1.165, 1.54) is 10.5 Å². The summed E-state index contributed by atoms with van der Waals surface area (Å²) in [5, 5.41) is 4.41. The first kappa shape index (κ1) is 14.8. The fraction of sp³-hybridized carbons (Fsp3) is 0.412. The molecule has 2 aromatic rings. The molecule has 0 atom stereocenters. The highest BCUT2D eigenvalue weighted by molar-refractivity contribution is 5.95. The van der Waals surface area contributed by atoms with Crippen molar-refractivity contribution in [1.82, 2.24) is 14.7 Å². The van der Waals surface area contributed by atoms with Crippen LogP contribution in [-0.2, 0) is 0 Å². The average Bonchev–Trinajstić information content (AvgIpc) is 2.90. The Morgan fingerprint density at radius 2 is 1.77 bits per heavy atom. The Labute approximate surface area is 131 Å². The first-order valence-corrected chi connectivity index (χ1v) is 7.78. The van der Waals surface area contributed by atoms with Gasteiger partial charge >= 0.3 is 0 Å². The van der Waals surface area contributed by atoms with Crippen molar-refractivity contribution >= 4 is 5.91 Å². The van der Waals surface area contributed by atoms with Crippen molar-refractivity contribution in [3.05, 3.63) is 47.3 Å². The van der Waals surface area contributed by atoms with Crippen LogP contribution in [0.15, 0.2) is 30.5 Å². The third kappa shape index (κ3) is 2.76. The Kier molecular flexibility index (Phi) is 3.98. The SMILES string of the molecule is Cc1ccc(-n2ncc(C(=O)N3CC[NH+](C)CC3)c2C)cc1. The Bertz CT molecular complexity index is 666. The highest BCUT2D eigenvalue weighted by atomic mass is 16.2. The molecule has 0 bridgehead atoms. The van der Waals surface area contributed by atoms with Gasteiger partial charge in [-0.1, -0.05) is 17.7 Å². The minimum absolute atomic E-state index is 0.100. The van der Waals surface area contributed by atoms with Gasteiger partial charge in [0, 0.05) is 0 Å². The van der Waals surface area contributed by atoms with Gasteiger partial charge in [-0.2, -0.15) is 5.10 Å². The first-order valence-electron chi connectivity index (χ1n) is 7.78. The fourth-order valence-electron chi connectivity index (χ4n) is 2.83. The van der Waals surface area contributed by atoms with Crippen LogP contribution in [0.25, 0.3) is 5.69 Å². The number of nitrogens with one attached hydrogen (secondary N) is 1. The van der Waals surface area contributed by atoms with Crippen LogP contribution in [0.5, 0.6) is 0 Å². The zero-order valence-corrected chi connectivity index (χ0v) is 13.5. The molecular weight excluding hydrogens is 276 g/mol. The summed E-state index contributed by atoms with van der Waals surface area (Å²) in [6.07, 6.45) is 1.70. The summed E-state index contributed by atoms with van der Waals surface area (Å²) in [5.41, 5.74) is 3.81. The van der Waals surface area contributed by atoms with Gasteiger partial charge in [0.05, 0.1) is 56.4 Å². The lowest BCUT2D eigenvalue weighted by atomic mass is 10.2. The van der Waals surface area contributed by atoms with Crippen LogP contribution in [0.1, 0.15) is 21.6 Å². The predicted molar refractivity (Wildman–Crippen MR) is 85.6 cm³/mol. The number of benzene rings is 1. The van der Waals surface area contributed by atoms with Crippen LogP contribution in [0.3, 0.4) is 0 Å². The molecule has 22 heavy (non-hydrogen) atoms. The van der Waals surface area contributed by atoms with E-state index in [4.69, 9.17) is 0 Å². The third-order valence-electron chi connectivity index (χ3n) is 4.42. The molecule has 5 nitrogen and oxygen atoms in total. The molecule has 5 heteroatoms. The highest BCUT2D eigenvalue weighted by Gasteiger charge is 2.25. The number of hydrogen-bond donors (Lipinski definition) is 1. The van der Waals surface area contributed by atoms with Crippen molar-refractivity contribution in [3.8, 4) is 5.69 Å². The standard InChI is InChI=1S/C17H22N4O/c1-13-4-6-15(7-5-13)21-14(2)16(12-18-21)17(22)20-10-8-19(3)9-11-20/h4-7,12H,8-11H2,1-3H3/p+1. The van der Waals surface area contributed by atoms with Gasteiger partial charge in [0.15, 0.2) is 0 Å². The van der Waals surface area contributed by atoms with E-state index in [2.05, 4.69) is 31.2 Å². The minimum Gasteiger partial charge on any atom is -0.334 e. The molecule has 1 fully saturated rings. The highest BCUT2D eigenvalue weighted by Crippen LogP contribution is 2.16. The first-order chi connectivity index (χ1) is 10.6. The Morgan fingerprint density at radius 3 is 2.41 bits per heavy atom. The molecule has 0 unspecified atom stereocenters. The number of carbonyl (C=O) groups is 1. The smallest absolute Gasteiger partial charge is 0.257 e. The number of quaternary nitrogens is 1. The Hall–Kier alpha value is -2.14. The van der Waals surface area contributed by atoms with Gasteiger partial charge in [0.2, 0.25) is 0 Å². The second-order valence-electron chi connectivity index (χ2n) is 6.14. The zero-order valence-electron chi connectivity index (χ0n) is 13.5. The van der Waals surface area contributed by atoms with Gasteiger partial charge in [0.1, 0.15) is 0 Å². The third-order valence-corrected chi connectivity index (χ3v) is 4.42. The summed E-state index contributed by atoms with van der Waals surface area (Å²) in [6.45, 7) is 7.68. The molecule has 3 rings (SSSR count). The van der Waals surface area contributed by atoms with Crippen molar-refractivity contribution in [3.63, 3.8) is 0 Å². The summed E-state index contributed by atoms with van der Waals surface area (Å²) in [7, 11) is 2.17. The molecule has 0 saturated carbocycles. The number of amides is 1. The molecular formula is C17H23N4O+. The number of carbonyl (C=O) groups excluding carboxylic acids is 1. The lowest BCUT2D eigenvalue weighted by Crippen LogP contribution is -3.12. The van der Waals surface area contributed by atoms with Crippen molar-refractivity contribution in [2.45, 2.75) is 13.8 Å². The van der Waals surface area contributed by atoms with Crippen LogP contribution in [-0.4, -0.2) is 53.8 Å². The van der Waals surface area contributed by atoms with Crippen LogP contribution in [0.4, 0.5) is 0 Å². The molecule has 1 aliphatic rings. The number of aromatic nitrogens is 2. The molecule has 1 aromatic carbocycles.